The van der Waals surface area contributed by atoms with Crippen molar-refractivity contribution >= 4 is 32.9 Å². The van der Waals surface area contributed by atoms with Gasteiger partial charge >= 0.3 is 24.3 Å². The number of hydrogen-bond acceptors (Lipinski definition) is 6. The molecule has 2 N–H and O–H groups in total. The summed E-state index contributed by atoms with van der Waals surface area (Å²) in [4.78, 5) is 22.9. The van der Waals surface area contributed by atoms with Gasteiger partial charge in [0.1, 0.15) is 0 Å². The van der Waals surface area contributed by atoms with E-state index in [0.29, 0.717) is 4.90 Å². The Hall–Kier alpha value is -3.63. The second kappa shape index (κ2) is 13.4. The first-order valence-electron chi connectivity index (χ1n) is 11.8. The summed E-state index contributed by atoms with van der Waals surface area (Å²) in [5, 5.41) is 15.3. The lowest BCUT2D eigenvalue weighted by Gasteiger charge is -2.32. The Balaban J connectivity index is 0.000000349. The Morgan fingerprint density at radius 2 is 1.34 bits per heavy atom. The average molecular weight is 612 g/mol. The van der Waals surface area contributed by atoms with E-state index in [4.69, 9.17) is 19.8 Å². The Bertz CT molecular complexity index is 1440. The fraction of sp³-hybridized carbons (Fsp3) is 0.360. The first-order valence-corrected chi connectivity index (χ1v) is 13.2. The molecular weight excluding hydrogens is 584 g/mol. The SMILES string of the molecule is Cc1ccccc1S(=O)(=O)n1ccc2c(CN3CCN(C)CC3)cccc21.O=C(O)C(F)(F)F.O=C(O)C(F)(F)F. The maximum Gasteiger partial charge on any atom is 0.490 e. The zero-order chi connectivity index (χ0) is 31.2. The molecule has 9 nitrogen and oxygen atoms in total. The van der Waals surface area contributed by atoms with Crippen molar-refractivity contribution in [2.24, 2.45) is 0 Å². The van der Waals surface area contributed by atoms with Gasteiger partial charge in [0, 0.05) is 44.3 Å². The van der Waals surface area contributed by atoms with Crippen LogP contribution in [0.3, 0.4) is 0 Å². The van der Waals surface area contributed by atoms with Gasteiger partial charge in [-0.15, -0.1) is 0 Å². The summed E-state index contributed by atoms with van der Waals surface area (Å²) in [6.07, 6.45) is -8.49. The van der Waals surface area contributed by atoms with E-state index in [1.165, 1.54) is 9.54 Å². The van der Waals surface area contributed by atoms with Crippen LogP contribution in [0.2, 0.25) is 0 Å². The summed E-state index contributed by atoms with van der Waals surface area (Å²) in [6, 6.07) is 15.0. The molecule has 0 saturated carbocycles. The maximum absolute atomic E-state index is 13.2. The smallest absolute Gasteiger partial charge is 0.475 e. The fourth-order valence-electron chi connectivity index (χ4n) is 3.75. The number of aliphatic carboxylic acids is 2. The highest BCUT2D eigenvalue weighted by atomic mass is 32.2. The number of halogens is 6. The minimum atomic E-state index is -5.08. The summed E-state index contributed by atoms with van der Waals surface area (Å²) in [5.41, 5.74) is 2.67. The van der Waals surface area contributed by atoms with E-state index >= 15 is 0 Å². The van der Waals surface area contributed by atoms with Crippen LogP contribution in [-0.4, -0.2) is 89.9 Å². The zero-order valence-electron chi connectivity index (χ0n) is 21.8. The molecule has 2 aromatic carbocycles. The number of benzene rings is 2. The lowest BCUT2D eigenvalue weighted by atomic mass is 10.1. The van der Waals surface area contributed by atoms with E-state index in [2.05, 4.69) is 22.9 Å². The molecule has 0 spiro atoms. The van der Waals surface area contributed by atoms with Gasteiger partial charge in [-0.2, -0.15) is 26.3 Å². The largest absolute Gasteiger partial charge is 0.490 e. The number of carboxylic acids is 2. The van der Waals surface area contributed by atoms with Gasteiger partial charge in [0.15, 0.2) is 0 Å². The molecule has 41 heavy (non-hydrogen) atoms. The Morgan fingerprint density at radius 3 is 1.83 bits per heavy atom. The van der Waals surface area contributed by atoms with Crippen molar-refractivity contribution in [1.29, 1.82) is 0 Å². The molecule has 4 rings (SSSR count). The van der Waals surface area contributed by atoms with Crippen LogP contribution in [0.15, 0.2) is 59.6 Å². The van der Waals surface area contributed by atoms with Crippen molar-refractivity contribution in [3.63, 3.8) is 0 Å². The average Bonchev–Trinajstić information content (AvgIpc) is 3.31. The molecule has 2 heterocycles. The normalized spacial score (nSPS) is 14.9. The molecule has 1 aliphatic rings. The lowest BCUT2D eigenvalue weighted by Crippen LogP contribution is -2.43. The number of aryl methyl sites for hydroxylation is 1. The molecule has 0 atom stereocenters. The molecular formula is C25H27F6N3O6S. The highest BCUT2D eigenvalue weighted by molar-refractivity contribution is 7.90. The van der Waals surface area contributed by atoms with Gasteiger partial charge in [-0.3, -0.25) is 4.90 Å². The van der Waals surface area contributed by atoms with Crippen molar-refractivity contribution in [2.75, 3.05) is 33.2 Å². The van der Waals surface area contributed by atoms with Gasteiger partial charge in [0.25, 0.3) is 10.0 Å². The number of carboxylic acid groups (broad SMARTS) is 2. The third-order valence-corrected chi connectivity index (χ3v) is 7.74. The van der Waals surface area contributed by atoms with Crippen LogP contribution in [0.4, 0.5) is 26.3 Å². The summed E-state index contributed by atoms with van der Waals surface area (Å²) < 4.78 is 91.3. The zero-order valence-corrected chi connectivity index (χ0v) is 22.6. The van der Waals surface area contributed by atoms with Gasteiger partial charge in [-0.25, -0.2) is 22.0 Å². The van der Waals surface area contributed by atoms with Crippen LogP contribution in [0.1, 0.15) is 11.1 Å². The molecule has 226 valence electrons. The number of nitrogens with zero attached hydrogens (tertiary/aromatic N) is 3. The van der Waals surface area contributed by atoms with Crippen LogP contribution in [0.25, 0.3) is 10.9 Å². The van der Waals surface area contributed by atoms with Crippen LogP contribution in [0.5, 0.6) is 0 Å². The monoisotopic (exact) mass is 611 g/mol. The number of rotatable bonds is 4. The Kier molecular flexibility index (Phi) is 10.9. The van der Waals surface area contributed by atoms with E-state index in [1.807, 2.05) is 37.3 Å². The predicted molar refractivity (Wildman–Crippen MR) is 136 cm³/mol. The molecule has 0 amide bonds. The first kappa shape index (κ1) is 33.6. The predicted octanol–water partition coefficient (Wildman–Crippen LogP) is 4.20. The number of aromatic nitrogens is 1. The summed E-state index contributed by atoms with van der Waals surface area (Å²) >= 11 is 0. The van der Waals surface area contributed by atoms with Crippen LogP contribution >= 0.6 is 0 Å². The number of piperazine rings is 1. The Labute approximate surface area is 231 Å². The minimum absolute atomic E-state index is 0.354. The number of likely N-dealkylation sites (N-methyl/N-ethyl adjacent to an activating group) is 1. The molecule has 0 radical (unpaired) electrons. The molecule has 0 aliphatic carbocycles. The van der Waals surface area contributed by atoms with Crippen LogP contribution in [0, 0.1) is 6.92 Å². The third-order valence-electron chi connectivity index (χ3n) is 5.89. The topological polar surface area (TPSA) is 120 Å². The fourth-order valence-corrected chi connectivity index (χ4v) is 5.33. The van der Waals surface area contributed by atoms with Crippen molar-refractivity contribution in [2.45, 2.75) is 30.7 Å². The summed E-state index contributed by atoms with van der Waals surface area (Å²) in [7, 11) is -1.47. The molecule has 1 aliphatic heterocycles. The molecule has 16 heteroatoms. The van der Waals surface area contributed by atoms with E-state index in [0.717, 1.165) is 49.2 Å². The number of hydrogen-bond donors (Lipinski definition) is 2. The molecule has 0 unspecified atom stereocenters. The summed E-state index contributed by atoms with van der Waals surface area (Å²) in [5.74, 6) is -5.51. The highest BCUT2D eigenvalue weighted by Crippen LogP contribution is 2.27. The first-order chi connectivity index (χ1) is 18.9. The van der Waals surface area contributed by atoms with Gasteiger partial charge < -0.3 is 15.1 Å². The Morgan fingerprint density at radius 1 is 0.829 bits per heavy atom. The second-order valence-corrected chi connectivity index (χ2v) is 10.7. The van der Waals surface area contributed by atoms with Crippen LogP contribution < -0.4 is 0 Å². The molecule has 1 fully saturated rings. The van der Waals surface area contributed by atoms with Gasteiger partial charge in [-0.1, -0.05) is 30.3 Å². The third kappa shape index (κ3) is 9.19. The molecule has 1 aromatic heterocycles. The molecule has 0 bridgehead atoms. The maximum atomic E-state index is 13.2. The highest BCUT2D eigenvalue weighted by Gasteiger charge is 2.38. The van der Waals surface area contributed by atoms with Crippen LogP contribution in [-0.2, 0) is 26.2 Å². The number of carbonyl (C=O) groups is 2. The van der Waals surface area contributed by atoms with Gasteiger partial charge in [0.05, 0.1) is 10.4 Å². The van der Waals surface area contributed by atoms with Crippen molar-refractivity contribution in [1.82, 2.24) is 13.8 Å². The van der Waals surface area contributed by atoms with Gasteiger partial charge in [0.2, 0.25) is 0 Å². The minimum Gasteiger partial charge on any atom is -0.475 e. The van der Waals surface area contributed by atoms with Gasteiger partial charge in [-0.05, 0) is 43.3 Å². The number of alkyl halides is 6. The molecule has 1 saturated heterocycles. The molecule has 3 aromatic rings. The van der Waals surface area contributed by atoms with E-state index in [-0.39, 0.29) is 0 Å². The van der Waals surface area contributed by atoms with E-state index in [1.54, 1.807) is 18.3 Å². The lowest BCUT2D eigenvalue weighted by molar-refractivity contribution is -0.193. The second-order valence-electron chi connectivity index (χ2n) is 8.92. The van der Waals surface area contributed by atoms with Crippen molar-refractivity contribution in [3.05, 3.63) is 65.9 Å². The van der Waals surface area contributed by atoms with Crippen molar-refractivity contribution < 1.29 is 54.6 Å². The summed E-state index contributed by atoms with van der Waals surface area (Å²) in [6.45, 7) is 6.89. The van der Waals surface area contributed by atoms with E-state index in [9.17, 15) is 34.8 Å². The quantitative estimate of drug-likeness (QED) is 0.422. The number of fused-ring (bicyclic) bond motifs is 1. The van der Waals surface area contributed by atoms with Crippen molar-refractivity contribution in [3.8, 4) is 0 Å². The van der Waals surface area contributed by atoms with E-state index < -0.39 is 34.3 Å². The standard InChI is InChI=1S/C21H25N3O2S.2C2HF3O2/c1-17-6-3-4-9-21(17)27(25,26)24-11-10-19-18(7-5-8-20(19)24)16-23-14-12-22(2)13-15-23;2*3-2(4,5)1(6)7/h3-11H,12-16H2,1-2H3;2*(H,6,7).